The molecule has 2 aromatic carbocycles. The minimum atomic E-state index is -0.466. The molecule has 0 fully saturated rings. The number of nitrogens with one attached hydrogen (secondary N) is 1. The van der Waals surface area contributed by atoms with Gasteiger partial charge in [0.05, 0.1) is 38.0 Å². The number of rotatable bonds is 9. The monoisotopic (exact) mass is 373 g/mol. The molecule has 2 aromatic rings. The molecule has 144 valence electrons. The molecule has 0 amide bonds. The van der Waals surface area contributed by atoms with Gasteiger partial charge in [-0.05, 0) is 43.7 Å². The lowest BCUT2D eigenvalue weighted by Crippen LogP contribution is -2.08. The average molecular weight is 373 g/mol. The van der Waals surface area contributed by atoms with E-state index >= 15 is 0 Å². The van der Waals surface area contributed by atoms with E-state index in [1.54, 1.807) is 26.4 Å². The van der Waals surface area contributed by atoms with Crippen LogP contribution in [0.15, 0.2) is 41.5 Å². The van der Waals surface area contributed by atoms with E-state index < -0.39 is 4.92 Å². The summed E-state index contributed by atoms with van der Waals surface area (Å²) in [5, 5.41) is 15.3. The van der Waals surface area contributed by atoms with Crippen LogP contribution in [0.2, 0.25) is 0 Å². The molecular formula is C19H23N3O5. The Morgan fingerprint density at radius 3 is 2.44 bits per heavy atom. The summed E-state index contributed by atoms with van der Waals surface area (Å²) in [4.78, 5) is 10.8. The van der Waals surface area contributed by atoms with Gasteiger partial charge in [-0.1, -0.05) is 6.07 Å². The first-order valence-electron chi connectivity index (χ1n) is 8.36. The van der Waals surface area contributed by atoms with Crippen LogP contribution in [0.5, 0.6) is 17.2 Å². The fraction of sp³-hybridized carbons (Fsp3) is 0.316. The van der Waals surface area contributed by atoms with Crippen LogP contribution in [0.25, 0.3) is 0 Å². The van der Waals surface area contributed by atoms with Crippen molar-refractivity contribution < 1.29 is 19.1 Å². The fourth-order valence-electron chi connectivity index (χ4n) is 2.36. The molecule has 0 saturated carbocycles. The molecule has 0 spiro atoms. The average Bonchev–Trinajstić information content (AvgIpc) is 2.65. The zero-order valence-electron chi connectivity index (χ0n) is 15.8. The fourth-order valence-corrected chi connectivity index (χ4v) is 2.36. The van der Waals surface area contributed by atoms with Gasteiger partial charge in [-0.25, -0.2) is 0 Å². The van der Waals surface area contributed by atoms with E-state index in [0.717, 1.165) is 5.56 Å². The first-order chi connectivity index (χ1) is 12.9. The van der Waals surface area contributed by atoms with Crippen LogP contribution >= 0.6 is 0 Å². The number of nitro benzene ring substituents is 1. The summed E-state index contributed by atoms with van der Waals surface area (Å²) < 4.78 is 15.9. The number of nitrogens with zero attached hydrogens (tertiary/aromatic N) is 2. The first kappa shape index (κ1) is 20.0. The molecule has 8 nitrogen and oxygen atoms in total. The SMILES string of the molecule is COc1ccc(CN/N=C\c2ccc(OC(C)C)c([N+](=O)[O-])c2)cc1OC. The van der Waals surface area contributed by atoms with E-state index in [9.17, 15) is 10.1 Å². The Balaban J connectivity index is 2.04. The van der Waals surface area contributed by atoms with Gasteiger partial charge in [-0.3, -0.25) is 10.1 Å². The van der Waals surface area contributed by atoms with Gasteiger partial charge in [-0.2, -0.15) is 5.10 Å². The lowest BCUT2D eigenvalue weighted by atomic mass is 10.2. The number of ether oxygens (including phenoxy) is 3. The molecular weight excluding hydrogens is 350 g/mol. The smallest absolute Gasteiger partial charge is 0.311 e. The van der Waals surface area contributed by atoms with E-state index in [1.807, 2.05) is 32.0 Å². The van der Waals surface area contributed by atoms with E-state index in [-0.39, 0.29) is 17.5 Å². The summed E-state index contributed by atoms with van der Waals surface area (Å²) in [6, 6.07) is 10.3. The van der Waals surface area contributed by atoms with Gasteiger partial charge in [0.1, 0.15) is 0 Å². The van der Waals surface area contributed by atoms with E-state index in [4.69, 9.17) is 14.2 Å². The molecule has 8 heteroatoms. The van der Waals surface area contributed by atoms with Crippen molar-refractivity contribution in [2.24, 2.45) is 5.10 Å². The van der Waals surface area contributed by atoms with Crippen molar-refractivity contribution in [3.63, 3.8) is 0 Å². The van der Waals surface area contributed by atoms with Crippen LogP contribution in [0.1, 0.15) is 25.0 Å². The normalized spacial score (nSPS) is 10.9. The molecule has 0 aliphatic carbocycles. The summed E-state index contributed by atoms with van der Waals surface area (Å²) in [6.07, 6.45) is 1.37. The third kappa shape index (κ3) is 5.60. The molecule has 1 N–H and O–H groups in total. The second kappa shape index (κ2) is 9.42. The molecule has 0 aliphatic rings. The van der Waals surface area contributed by atoms with Crippen molar-refractivity contribution in [2.45, 2.75) is 26.5 Å². The second-order valence-corrected chi connectivity index (χ2v) is 5.93. The van der Waals surface area contributed by atoms with Gasteiger partial charge in [0, 0.05) is 11.6 Å². The van der Waals surface area contributed by atoms with Gasteiger partial charge >= 0.3 is 5.69 Å². The zero-order chi connectivity index (χ0) is 19.8. The number of methoxy groups -OCH3 is 2. The lowest BCUT2D eigenvalue weighted by Gasteiger charge is -2.10. The van der Waals surface area contributed by atoms with Crippen LogP contribution in [0.3, 0.4) is 0 Å². The van der Waals surface area contributed by atoms with Crippen molar-refractivity contribution in [1.82, 2.24) is 5.43 Å². The molecule has 0 saturated heterocycles. The van der Waals surface area contributed by atoms with Crippen LogP contribution in [0, 0.1) is 10.1 Å². The Labute approximate surface area is 157 Å². The highest BCUT2D eigenvalue weighted by Crippen LogP contribution is 2.29. The predicted octanol–water partition coefficient (Wildman–Crippen LogP) is 3.52. The van der Waals surface area contributed by atoms with Crippen LogP contribution in [-0.2, 0) is 6.54 Å². The zero-order valence-corrected chi connectivity index (χ0v) is 15.8. The van der Waals surface area contributed by atoms with Crippen molar-refractivity contribution in [1.29, 1.82) is 0 Å². The third-order valence-corrected chi connectivity index (χ3v) is 3.58. The van der Waals surface area contributed by atoms with E-state index in [0.29, 0.717) is 23.6 Å². The quantitative estimate of drug-likeness (QED) is 0.410. The van der Waals surface area contributed by atoms with E-state index in [2.05, 4.69) is 10.5 Å². The molecule has 0 unspecified atom stereocenters. The van der Waals surface area contributed by atoms with Crippen LogP contribution in [0.4, 0.5) is 5.69 Å². The standard InChI is InChI=1S/C19H23N3O5/c1-13(2)27-17-7-5-14(9-16(17)22(23)24)11-20-21-12-15-6-8-18(25-3)19(10-15)26-4/h5-11,13,21H,12H2,1-4H3/b20-11-. The van der Waals surface area contributed by atoms with Crippen LogP contribution < -0.4 is 19.6 Å². The molecule has 0 heterocycles. The largest absolute Gasteiger partial charge is 0.493 e. The Kier molecular flexibility index (Phi) is 6.99. The molecule has 0 aromatic heterocycles. The maximum absolute atomic E-state index is 11.2. The molecule has 27 heavy (non-hydrogen) atoms. The maximum Gasteiger partial charge on any atom is 0.311 e. The molecule has 0 radical (unpaired) electrons. The summed E-state index contributed by atoms with van der Waals surface area (Å²) in [5.41, 5.74) is 4.37. The highest BCUT2D eigenvalue weighted by atomic mass is 16.6. The van der Waals surface area contributed by atoms with Gasteiger partial charge in [0.25, 0.3) is 0 Å². The summed E-state index contributed by atoms with van der Waals surface area (Å²) >= 11 is 0. The van der Waals surface area contributed by atoms with Crippen molar-refractivity contribution in [3.8, 4) is 17.2 Å². The van der Waals surface area contributed by atoms with Gasteiger partial charge < -0.3 is 19.6 Å². The first-order valence-corrected chi connectivity index (χ1v) is 8.36. The second-order valence-electron chi connectivity index (χ2n) is 5.93. The summed E-state index contributed by atoms with van der Waals surface area (Å²) in [7, 11) is 3.16. The minimum Gasteiger partial charge on any atom is -0.493 e. The van der Waals surface area contributed by atoms with E-state index in [1.165, 1.54) is 12.3 Å². The third-order valence-electron chi connectivity index (χ3n) is 3.58. The Morgan fingerprint density at radius 2 is 1.81 bits per heavy atom. The van der Waals surface area contributed by atoms with Crippen molar-refractivity contribution in [3.05, 3.63) is 57.6 Å². The molecule has 0 bridgehead atoms. The van der Waals surface area contributed by atoms with Crippen molar-refractivity contribution in [2.75, 3.05) is 14.2 Å². The number of benzene rings is 2. The Morgan fingerprint density at radius 1 is 1.11 bits per heavy atom. The Bertz CT molecular complexity index is 821. The topological polar surface area (TPSA) is 95.2 Å². The number of hydrogen-bond acceptors (Lipinski definition) is 7. The Hall–Kier alpha value is -3.29. The summed E-state index contributed by atoms with van der Waals surface area (Å²) in [5.74, 6) is 1.53. The lowest BCUT2D eigenvalue weighted by molar-refractivity contribution is -0.386. The van der Waals surface area contributed by atoms with Gasteiger partial charge in [0.15, 0.2) is 17.2 Å². The number of hydrogen-bond donors (Lipinski definition) is 1. The van der Waals surface area contributed by atoms with Crippen LogP contribution in [-0.4, -0.2) is 31.5 Å². The highest BCUT2D eigenvalue weighted by molar-refractivity contribution is 5.81. The number of hydrazone groups is 1. The minimum absolute atomic E-state index is 0.0902. The maximum atomic E-state index is 11.2. The van der Waals surface area contributed by atoms with Gasteiger partial charge in [0.2, 0.25) is 0 Å². The molecule has 0 aliphatic heterocycles. The predicted molar refractivity (Wildman–Crippen MR) is 103 cm³/mol. The highest BCUT2D eigenvalue weighted by Gasteiger charge is 2.16. The summed E-state index contributed by atoms with van der Waals surface area (Å²) in [6.45, 7) is 4.10. The molecule has 0 atom stereocenters. The van der Waals surface area contributed by atoms with Crippen molar-refractivity contribution >= 4 is 11.9 Å². The van der Waals surface area contributed by atoms with Gasteiger partial charge in [-0.15, -0.1) is 0 Å². The number of nitro groups is 1. The molecule has 2 rings (SSSR count).